The van der Waals surface area contributed by atoms with E-state index in [0.29, 0.717) is 22.8 Å². The van der Waals surface area contributed by atoms with Gasteiger partial charge in [-0.25, -0.2) is 9.50 Å². The maximum atomic E-state index is 12.4. The Labute approximate surface area is 168 Å². The molecule has 2 heterocycles. The molecule has 3 rings (SSSR count). The first kappa shape index (κ1) is 20.2. The average molecular weight is 397 g/mol. The molecule has 0 saturated carbocycles. The van der Waals surface area contributed by atoms with Crippen molar-refractivity contribution in [2.24, 2.45) is 0 Å². The Bertz CT molecular complexity index is 1050. The first-order valence-corrected chi connectivity index (χ1v) is 9.15. The molecule has 0 fully saturated rings. The third kappa shape index (κ3) is 4.50. The predicted octanol–water partition coefficient (Wildman–Crippen LogP) is 1.54. The molecule has 0 saturated heterocycles. The molecule has 0 radical (unpaired) electrons. The number of hydrogen-bond donors (Lipinski definition) is 1. The number of nitrogens with one attached hydrogen (secondary N) is 1. The van der Waals surface area contributed by atoms with Crippen LogP contribution in [-0.2, 0) is 27.3 Å². The number of fused-ring (bicyclic) bond motifs is 1. The Morgan fingerprint density at radius 2 is 2.00 bits per heavy atom. The molecule has 1 amide bonds. The van der Waals surface area contributed by atoms with Crippen LogP contribution in [0.25, 0.3) is 5.78 Å². The summed E-state index contributed by atoms with van der Waals surface area (Å²) in [6.07, 6.45) is 0.469. The van der Waals surface area contributed by atoms with Gasteiger partial charge in [-0.2, -0.15) is 10.1 Å². The van der Waals surface area contributed by atoms with Crippen LogP contribution in [0, 0.1) is 13.8 Å². The van der Waals surface area contributed by atoms with E-state index in [0.717, 1.165) is 11.3 Å². The van der Waals surface area contributed by atoms with Crippen LogP contribution >= 0.6 is 0 Å². The molecule has 9 heteroatoms. The molecule has 1 N–H and O–H groups in total. The minimum atomic E-state index is -0.930. The molecule has 1 aromatic carbocycles. The highest BCUT2D eigenvalue weighted by molar-refractivity contribution is 5.84. The third-order valence-electron chi connectivity index (χ3n) is 4.63. The summed E-state index contributed by atoms with van der Waals surface area (Å²) in [6, 6.07) is 7.38. The lowest BCUT2D eigenvalue weighted by molar-refractivity contribution is -0.154. The van der Waals surface area contributed by atoms with Gasteiger partial charge in [-0.15, -0.1) is 0 Å². The molecule has 0 spiro atoms. The summed E-state index contributed by atoms with van der Waals surface area (Å²) in [7, 11) is 1.57. The van der Waals surface area contributed by atoms with Gasteiger partial charge in [0.2, 0.25) is 0 Å². The lowest BCUT2D eigenvalue weighted by Gasteiger charge is -2.15. The molecule has 0 aliphatic carbocycles. The molecule has 3 aromatic rings. The van der Waals surface area contributed by atoms with Gasteiger partial charge in [0.1, 0.15) is 12.1 Å². The number of nitrogens with zero attached hydrogens (tertiary/aromatic N) is 4. The van der Waals surface area contributed by atoms with Crippen molar-refractivity contribution in [2.45, 2.75) is 39.8 Å². The molecular formula is C20H23N5O4. The molecule has 152 valence electrons. The van der Waals surface area contributed by atoms with Crippen molar-refractivity contribution in [3.05, 3.63) is 53.1 Å². The molecule has 1 atom stereocenters. The van der Waals surface area contributed by atoms with E-state index in [9.17, 15) is 9.59 Å². The summed E-state index contributed by atoms with van der Waals surface area (Å²) in [6.45, 7) is 5.44. The maximum Gasteiger partial charge on any atom is 0.311 e. The van der Waals surface area contributed by atoms with E-state index in [1.54, 1.807) is 18.5 Å². The molecular weight excluding hydrogens is 374 g/mol. The Hall–Kier alpha value is -3.49. The fourth-order valence-corrected chi connectivity index (χ4v) is 3.02. The lowest BCUT2D eigenvalue weighted by Crippen LogP contribution is -2.36. The van der Waals surface area contributed by atoms with Crippen LogP contribution < -0.4 is 10.1 Å². The maximum absolute atomic E-state index is 12.4. The van der Waals surface area contributed by atoms with E-state index in [1.807, 2.05) is 31.2 Å². The van der Waals surface area contributed by atoms with E-state index < -0.39 is 12.1 Å². The standard InChI is InChI=1S/C20H23N5O4/c1-12-16(13(2)25-20(24-12)22-11-23-25)9-18(26)29-14(3)19(27)21-10-15-7-5-6-8-17(15)28-4/h5-8,11,14H,9-10H2,1-4H3,(H,21,27)/t14-/m1/s1. The second-order valence-electron chi connectivity index (χ2n) is 6.57. The molecule has 9 nitrogen and oxygen atoms in total. The highest BCUT2D eigenvalue weighted by atomic mass is 16.5. The van der Waals surface area contributed by atoms with Gasteiger partial charge < -0.3 is 14.8 Å². The zero-order valence-corrected chi connectivity index (χ0v) is 16.8. The summed E-state index contributed by atoms with van der Waals surface area (Å²) < 4.78 is 12.1. The number of aryl methyl sites for hydroxylation is 2. The van der Waals surface area contributed by atoms with Crippen molar-refractivity contribution >= 4 is 17.7 Å². The summed E-state index contributed by atoms with van der Waals surface area (Å²) in [4.78, 5) is 33.1. The van der Waals surface area contributed by atoms with Gasteiger partial charge in [-0.1, -0.05) is 18.2 Å². The van der Waals surface area contributed by atoms with E-state index in [1.165, 1.54) is 13.3 Å². The van der Waals surface area contributed by atoms with Crippen LogP contribution in [-0.4, -0.2) is 44.7 Å². The van der Waals surface area contributed by atoms with Crippen molar-refractivity contribution in [1.82, 2.24) is 24.9 Å². The van der Waals surface area contributed by atoms with Gasteiger partial charge in [0, 0.05) is 29.1 Å². The van der Waals surface area contributed by atoms with Crippen LogP contribution in [0.3, 0.4) is 0 Å². The highest BCUT2D eigenvalue weighted by Crippen LogP contribution is 2.17. The molecule has 29 heavy (non-hydrogen) atoms. The Balaban J connectivity index is 1.59. The van der Waals surface area contributed by atoms with Crippen LogP contribution in [0.15, 0.2) is 30.6 Å². The van der Waals surface area contributed by atoms with Crippen molar-refractivity contribution in [3.63, 3.8) is 0 Å². The molecule has 2 aromatic heterocycles. The molecule has 0 bridgehead atoms. The van der Waals surface area contributed by atoms with E-state index in [2.05, 4.69) is 20.4 Å². The van der Waals surface area contributed by atoms with Crippen molar-refractivity contribution in [3.8, 4) is 5.75 Å². The third-order valence-corrected chi connectivity index (χ3v) is 4.63. The van der Waals surface area contributed by atoms with Gasteiger partial charge in [0.15, 0.2) is 6.10 Å². The summed E-state index contributed by atoms with van der Waals surface area (Å²) in [5.41, 5.74) is 2.97. The molecule has 0 aliphatic rings. The predicted molar refractivity (Wildman–Crippen MR) is 104 cm³/mol. The van der Waals surface area contributed by atoms with E-state index in [-0.39, 0.29) is 18.9 Å². The monoisotopic (exact) mass is 397 g/mol. The number of para-hydroxylation sites is 1. The van der Waals surface area contributed by atoms with Crippen molar-refractivity contribution < 1.29 is 19.1 Å². The first-order chi connectivity index (χ1) is 13.9. The number of hydrogen-bond acceptors (Lipinski definition) is 7. The number of esters is 1. The van der Waals surface area contributed by atoms with E-state index in [4.69, 9.17) is 9.47 Å². The fourth-order valence-electron chi connectivity index (χ4n) is 3.02. The zero-order valence-electron chi connectivity index (χ0n) is 16.8. The highest BCUT2D eigenvalue weighted by Gasteiger charge is 2.21. The first-order valence-electron chi connectivity index (χ1n) is 9.15. The number of carbonyl (C=O) groups is 2. The minimum Gasteiger partial charge on any atom is -0.496 e. The number of carbonyl (C=O) groups excluding carboxylic acids is 2. The number of amides is 1. The number of aromatic nitrogens is 4. The Morgan fingerprint density at radius 1 is 1.24 bits per heavy atom. The fraction of sp³-hybridized carbons (Fsp3) is 0.350. The Kier molecular flexibility index (Phi) is 6.06. The van der Waals surface area contributed by atoms with Crippen LogP contribution in [0.2, 0.25) is 0 Å². The Morgan fingerprint density at radius 3 is 2.76 bits per heavy atom. The number of rotatable bonds is 7. The van der Waals surface area contributed by atoms with Gasteiger partial charge in [0.05, 0.1) is 13.5 Å². The molecule has 0 unspecified atom stereocenters. The van der Waals surface area contributed by atoms with Crippen LogP contribution in [0.5, 0.6) is 5.75 Å². The van der Waals surface area contributed by atoms with Gasteiger partial charge in [-0.05, 0) is 26.8 Å². The second kappa shape index (κ2) is 8.68. The SMILES string of the molecule is COc1ccccc1CNC(=O)[C@@H](C)OC(=O)Cc1c(C)nc2ncnn2c1C. The topological polar surface area (TPSA) is 108 Å². The normalized spacial score (nSPS) is 11.9. The number of benzene rings is 1. The summed E-state index contributed by atoms with van der Waals surface area (Å²) >= 11 is 0. The zero-order chi connectivity index (χ0) is 21.0. The van der Waals surface area contributed by atoms with E-state index >= 15 is 0 Å². The van der Waals surface area contributed by atoms with Crippen molar-refractivity contribution in [2.75, 3.05) is 7.11 Å². The van der Waals surface area contributed by atoms with Crippen molar-refractivity contribution in [1.29, 1.82) is 0 Å². The number of ether oxygens (including phenoxy) is 2. The summed E-state index contributed by atoms with van der Waals surface area (Å²) in [5, 5.41) is 6.86. The smallest absolute Gasteiger partial charge is 0.311 e. The van der Waals surface area contributed by atoms with Gasteiger partial charge >= 0.3 is 5.97 Å². The quantitative estimate of drug-likeness (QED) is 0.603. The second-order valence-corrected chi connectivity index (χ2v) is 6.57. The van der Waals surface area contributed by atoms with Crippen LogP contribution in [0.1, 0.15) is 29.4 Å². The van der Waals surface area contributed by atoms with Gasteiger partial charge in [-0.3, -0.25) is 9.59 Å². The number of methoxy groups -OCH3 is 1. The van der Waals surface area contributed by atoms with Gasteiger partial charge in [0.25, 0.3) is 11.7 Å². The average Bonchev–Trinajstić information content (AvgIpc) is 3.17. The molecule has 0 aliphatic heterocycles. The minimum absolute atomic E-state index is 0.00933. The van der Waals surface area contributed by atoms with Crippen LogP contribution in [0.4, 0.5) is 0 Å². The lowest BCUT2D eigenvalue weighted by atomic mass is 10.1. The summed E-state index contributed by atoms with van der Waals surface area (Å²) in [5.74, 6) is 0.251. The largest absolute Gasteiger partial charge is 0.496 e.